The minimum atomic E-state index is 0.582. The molecule has 0 bridgehead atoms. The summed E-state index contributed by atoms with van der Waals surface area (Å²) in [4.78, 5) is 2.47. The summed E-state index contributed by atoms with van der Waals surface area (Å²) in [5, 5.41) is 0. The zero-order chi connectivity index (χ0) is 12.5. The highest BCUT2D eigenvalue weighted by Crippen LogP contribution is 2.39. The van der Waals surface area contributed by atoms with E-state index in [9.17, 15) is 0 Å². The summed E-state index contributed by atoms with van der Waals surface area (Å²) < 4.78 is 0. The minimum Gasteiger partial charge on any atom is -0.330 e. The Morgan fingerprint density at radius 3 is 2.67 bits per heavy atom. The first-order valence-corrected chi connectivity index (χ1v) is 7.28. The SMILES string of the molecule is CN1CC(CN)CC1c1cccc(C2CCC2)c1. The van der Waals surface area contributed by atoms with Crippen molar-refractivity contribution in [2.24, 2.45) is 11.7 Å². The lowest BCUT2D eigenvalue weighted by molar-refractivity contribution is 0.313. The Bertz CT molecular complexity index is 411. The number of hydrogen-bond donors (Lipinski definition) is 1. The van der Waals surface area contributed by atoms with Gasteiger partial charge in [0.1, 0.15) is 0 Å². The van der Waals surface area contributed by atoms with E-state index in [1.807, 2.05) is 0 Å². The molecule has 0 radical (unpaired) electrons. The van der Waals surface area contributed by atoms with Crippen LogP contribution < -0.4 is 5.73 Å². The van der Waals surface area contributed by atoms with Gasteiger partial charge in [-0.1, -0.05) is 30.7 Å². The lowest BCUT2D eigenvalue weighted by Gasteiger charge is -2.27. The Morgan fingerprint density at radius 2 is 2.06 bits per heavy atom. The maximum atomic E-state index is 5.82. The fraction of sp³-hybridized carbons (Fsp3) is 0.625. The van der Waals surface area contributed by atoms with Crippen molar-refractivity contribution >= 4 is 0 Å². The molecule has 1 aliphatic carbocycles. The van der Waals surface area contributed by atoms with Gasteiger partial charge < -0.3 is 5.73 Å². The van der Waals surface area contributed by atoms with E-state index in [0.29, 0.717) is 12.0 Å². The molecule has 1 saturated heterocycles. The van der Waals surface area contributed by atoms with E-state index in [4.69, 9.17) is 5.73 Å². The van der Waals surface area contributed by atoms with Crippen molar-refractivity contribution in [2.45, 2.75) is 37.6 Å². The molecule has 98 valence electrons. The zero-order valence-corrected chi connectivity index (χ0v) is 11.3. The van der Waals surface area contributed by atoms with Crippen molar-refractivity contribution in [2.75, 3.05) is 20.1 Å². The van der Waals surface area contributed by atoms with Crippen LogP contribution in [-0.2, 0) is 0 Å². The smallest absolute Gasteiger partial charge is 0.0348 e. The second-order valence-corrected chi connectivity index (χ2v) is 6.09. The van der Waals surface area contributed by atoms with Gasteiger partial charge in [0.25, 0.3) is 0 Å². The summed E-state index contributed by atoms with van der Waals surface area (Å²) in [6.45, 7) is 1.97. The predicted molar refractivity (Wildman–Crippen MR) is 75.6 cm³/mol. The van der Waals surface area contributed by atoms with Crippen molar-refractivity contribution in [3.8, 4) is 0 Å². The van der Waals surface area contributed by atoms with Crippen LogP contribution >= 0.6 is 0 Å². The topological polar surface area (TPSA) is 29.3 Å². The first-order valence-electron chi connectivity index (χ1n) is 7.28. The monoisotopic (exact) mass is 244 g/mol. The quantitative estimate of drug-likeness (QED) is 0.886. The van der Waals surface area contributed by atoms with Gasteiger partial charge in [-0.25, -0.2) is 0 Å². The zero-order valence-electron chi connectivity index (χ0n) is 11.3. The average Bonchev–Trinajstić information content (AvgIpc) is 2.69. The summed E-state index contributed by atoms with van der Waals surface area (Å²) in [5.74, 6) is 1.51. The summed E-state index contributed by atoms with van der Waals surface area (Å²) in [5.41, 5.74) is 8.88. The van der Waals surface area contributed by atoms with E-state index < -0.39 is 0 Å². The highest BCUT2D eigenvalue weighted by atomic mass is 15.2. The van der Waals surface area contributed by atoms with Crippen molar-refractivity contribution in [3.63, 3.8) is 0 Å². The van der Waals surface area contributed by atoms with Gasteiger partial charge in [-0.05, 0) is 55.8 Å². The van der Waals surface area contributed by atoms with E-state index in [-0.39, 0.29) is 0 Å². The first kappa shape index (κ1) is 12.2. The number of likely N-dealkylation sites (tertiary alicyclic amines) is 1. The van der Waals surface area contributed by atoms with Gasteiger partial charge in [0.05, 0.1) is 0 Å². The number of nitrogens with two attached hydrogens (primary N) is 1. The Morgan fingerprint density at radius 1 is 1.28 bits per heavy atom. The molecule has 0 spiro atoms. The van der Waals surface area contributed by atoms with E-state index in [0.717, 1.165) is 19.0 Å². The fourth-order valence-corrected chi connectivity index (χ4v) is 3.43. The molecule has 1 aromatic rings. The summed E-state index contributed by atoms with van der Waals surface area (Å²) in [6.07, 6.45) is 5.40. The van der Waals surface area contributed by atoms with Crippen LogP contribution in [0.5, 0.6) is 0 Å². The van der Waals surface area contributed by atoms with Crippen molar-refractivity contribution in [1.82, 2.24) is 4.90 Å². The average molecular weight is 244 g/mol. The molecule has 2 N–H and O–H groups in total. The standard InChI is InChI=1S/C16H24N2/c1-18-11-12(10-17)8-16(18)15-7-3-6-14(9-15)13-4-2-5-13/h3,6-7,9,12-13,16H,2,4-5,8,10-11,17H2,1H3. The number of nitrogens with zero attached hydrogens (tertiary/aromatic N) is 1. The van der Waals surface area contributed by atoms with Gasteiger partial charge in [0.2, 0.25) is 0 Å². The molecule has 2 aliphatic rings. The Balaban J connectivity index is 1.79. The highest BCUT2D eigenvalue weighted by Gasteiger charge is 2.30. The largest absolute Gasteiger partial charge is 0.330 e. The van der Waals surface area contributed by atoms with Crippen molar-refractivity contribution in [3.05, 3.63) is 35.4 Å². The molecule has 1 aliphatic heterocycles. The van der Waals surface area contributed by atoms with E-state index in [1.54, 1.807) is 5.56 Å². The van der Waals surface area contributed by atoms with Gasteiger partial charge in [0, 0.05) is 12.6 Å². The molecule has 1 saturated carbocycles. The second-order valence-electron chi connectivity index (χ2n) is 6.09. The van der Waals surface area contributed by atoms with Gasteiger partial charge in [-0.3, -0.25) is 4.90 Å². The molecule has 2 heteroatoms. The fourth-order valence-electron chi connectivity index (χ4n) is 3.43. The van der Waals surface area contributed by atoms with Gasteiger partial charge in [-0.2, -0.15) is 0 Å². The Kier molecular flexibility index (Phi) is 3.40. The number of benzene rings is 1. The lowest BCUT2D eigenvalue weighted by atomic mass is 9.79. The van der Waals surface area contributed by atoms with Crippen LogP contribution in [0.25, 0.3) is 0 Å². The molecule has 0 aromatic heterocycles. The van der Waals surface area contributed by atoms with E-state index in [2.05, 4.69) is 36.2 Å². The summed E-state index contributed by atoms with van der Waals surface area (Å²) in [7, 11) is 2.23. The molecule has 2 atom stereocenters. The molecular weight excluding hydrogens is 220 g/mol. The third-order valence-electron chi connectivity index (χ3n) is 4.84. The van der Waals surface area contributed by atoms with Crippen LogP contribution in [0.1, 0.15) is 48.8 Å². The second kappa shape index (κ2) is 5.02. The number of hydrogen-bond acceptors (Lipinski definition) is 2. The Labute approximate surface area is 110 Å². The molecule has 2 nitrogen and oxygen atoms in total. The van der Waals surface area contributed by atoms with Crippen LogP contribution in [0, 0.1) is 5.92 Å². The third-order valence-corrected chi connectivity index (χ3v) is 4.84. The van der Waals surface area contributed by atoms with Gasteiger partial charge in [0.15, 0.2) is 0 Å². The maximum absolute atomic E-state index is 5.82. The van der Waals surface area contributed by atoms with Crippen LogP contribution in [0.2, 0.25) is 0 Å². The Hall–Kier alpha value is -0.860. The maximum Gasteiger partial charge on any atom is 0.0348 e. The minimum absolute atomic E-state index is 0.582. The van der Waals surface area contributed by atoms with E-state index in [1.165, 1.54) is 31.2 Å². The normalized spacial score (nSPS) is 29.4. The molecular formula is C16H24N2. The highest BCUT2D eigenvalue weighted by molar-refractivity contribution is 5.30. The van der Waals surface area contributed by atoms with Crippen LogP contribution in [0.4, 0.5) is 0 Å². The predicted octanol–water partition coefficient (Wildman–Crippen LogP) is 2.91. The molecule has 2 unspecified atom stereocenters. The van der Waals surface area contributed by atoms with Gasteiger partial charge in [-0.15, -0.1) is 0 Å². The molecule has 2 fully saturated rings. The molecule has 3 rings (SSSR count). The van der Waals surface area contributed by atoms with Crippen molar-refractivity contribution in [1.29, 1.82) is 0 Å². The molecule has 1 aromatic carbocycles. The molecule has 18 heavy (non-hydrogen) atoms. The molecule has 1 heterocycles. The third kappa shape index (κ3) is 2.19. The van der Waals surface area contributed by atoms with Gasteiger partial charge >= 0.3 is 0 Å². The number of rotatable bonds is 3. The summed E-state index contributed by atoms with van der Waals surface area (Å²) in [6, 6.07) is 9.88. The molecule has 0 amide bonds. The first-order chi connectivity index (χ1) is 8.78. The van der Waals surface area contributed by atoms with Crippen molar-refractivity contribution < 1.29 is 0 Å². The van der Waals surface area contributed by atoms with E-state index >= 15 is 0 Å². The van der Waals surface area contributed by atoms with Crippen LogP contribution in [-0.4, -0.2) is 25.0 Å². The van der Waals surface area contributed by atoms with Crippen LogP contribution in [0.3, 0.4) is 0 Å². The summed E-state index contributed by atoms with van der Waals surface area (Å²) >= 11 is 0. The van der Waals surface area contributed by atoms with Crippen LogP contribution in [0.15, 0.2) is 24.3 Å². The lowest BCUT2D eigenvalue weighted by Crippen LogP contribution is -2.20.